The highest BCUT2D eigenvalue weighted by atomic mass is 14.9. The number of hydrogen-bond donors (Lipinski definition) is 0. The summed E-state index contributed by atoms with van der Waals surface area (Å²) in [4.78, 5) is 0. The molecule has 0 bridgehead atoms. The summed E-state index contributed by atoms with van der Waals surface area (Å²) in [6, 6.07) is 79.0. The summed E-state index contributed by atoms with van der Waals surface area (Å²) in [5.41, 5.74) is 22.1. The second-order valence-corrected chi connectivity index (χ2v) is 22.2. The Labute approximate surface area is 467 Å². The first-order valence-electron chi connectivity index (χ1n) is 28.0. The molecule has 1 aromatic heterocycles. The number of fused-ring (bicyclic) bond motifs is 12. The molecular formula is C78H71N. The Kier molecular flexibility index (Phi) is 14.5. The van der Waals surface area contributed by atoms with E-state index >= 15 is 0 Å². The van der Waals surface area contributed by atoms with Crippen LogP contribution in [-0.4, -0.2) is 4.57 Å². The van der Waals surface area contributed by atoms with E-state index in [0.717, 1.165) is 6.42 Å². The molecule has 0 N–H and O–H groups in total. The Morgan fingerprint density at radius 3 is 0.899 bits per heavy atom. The number of aromatic nitrogens is 1. The van der Waals surface area contributed by atoms with Gasteiger partial charge >= 0.3 is 0 Å². The van der Waals surface area contributed by atoms with Crippen LogP contribution in [0.5, 0.6) is 0 Å². The fraction of sp³-hybridized carbons (Fsp3) is 0.154. The lowest BCUT2D eigenvalue weighted by molar-refractivity contribution is 1.01. The van der Waals surface area contributed by atoms with Crippen molar-refractivity contribution in [2.75, 3.05) is 0 Å². The lowest BCUT2D eigenvalue weighted by Gasteiger charge is -2.13. The van der Waals surface area contributed by atoms with Crippen LogP contribution in [0.3, 0.4) is 0 Å². The van der Waals surface area contributed by atoms with Crippen molar-refractivity contribution < 1.29 is 0 Å². The van der Waals surface area contributed by atoms with E-state index in [2.05, 4.69) is 299 Å². The molecule has 79 heavy (non-hydrogen) atoms. The zero-order valence-electron chi connectivity index (χ0n) is 47.9. The number of hydrogen-bond acceptors (Lipinski definition) is 0. The highest BCUT2D eigenvalue weighted by Crippen LogP contribution is 2.38. The first-order chi connectivity index (χ1) is 38.2. The lowest BCUT2D eigenvalue weighted by Crippen LogP contribution is -1.88. The molecule has 0 spiro atoms. The van der Waals surface area contributed by atoms with Crippen LogP contribution in [0.2, 0.25) is 0 Å². The zero-order valence-corrected chi connectivity index (χ0v) is 47.9. The molecule has 0 radical (unpaired) electrons. The van der Waals surface area contributed by atoms with E-state index in [-0.39, 0.29) is 0 Å². The van der Waals surface area contributed by atoms with Crippen molar-refractivity contribution in [3.05, 3.63) is 285 Å². The summed E-state index contributed by atoms with van der Waals surface area (Å²) in [6.07, 6.45) is 1.11. The van der Waals surface area contributed by atoms with E-state index in [1.807, 2.05) is 0 Å². The van der Waals surface area contributed by atoms with Gasteiger partial charge in [0, 0.05) is 28.9 Å². The molecule has 0 saturated heterocycles. The standard InChI is InChI=1S/C20H16.C16H14.C15H15N.C15H14.C12H12/c1-13-17-9-5-6-10-18(17)14(2)20-12-16-8-4-3-7-15(16)11-19(13)20;1-11-13-7-3-5-9-15(13)12(2)16-10-6-4-8-14(11)16;1-10-4-6-14-12(8-10)13-9-11(2)5-7-15(13)16(14)3;1-10-3-5-14-12(7-10)9-13-8-11(2)4-6-15(13)14;1-9-7-8-10(2)12-6-4-3-5-11(9)12/h3-12H,1-2H3;3-10H,1-2H3;4-9H,1-3H3;3-8H,9H2,1-2H3;3-8H,1-2H3. The number of rotatable bonds is 0. The third kappa shape index (κ3) is 10.2. The molecule has 14 aromatic rings. The molecule has 0 aliphatic heterocycles. The van der Waals surface area contributed by atoms with Crippen LogP contribution in [0, 0.1) is 69.2 Å². The van der Waals surface area contributed by atoms with E-state index in [1.54, 1.807) is 0 Å². The minimum Gasteiger partial charge on any atom is -0.344 e. The summed E-state index contributed by atoms with van der Waals surface area (Å²) in [5, 5.41) is 19.1. The fourth-order valence-corrected chi connectivity index (χ4v) is 12.4. The normalized spacial score (nSPS) is 11.4. The Balaban J connectivity index is 0.000000105. The maximum atomic E-state index is 2.33. The van der Waals surface area contributed by atoms with Gasteiger partial charge in [-0.2, -0.15) is 0 Å². The van der Waals surface area contributed by atoms with E-state index in [0.29, 0.717) is 0 Å². The fourth-order valence-electron chi connectivity index (χ4n) is 12.4. The van der Waals surface area contributed by atoms with Crippen LogP contribution in [0.4, 0.5) is 0 Å². The van der Waals surface area contributed by atoms with E-state index in [4.69, 9.17) is 0 Å². The van der Waals surface area contributed by atoms with Crippen LogP contribution >= 0.6 is 0 Å². The maximum absolute atomic E-state index is 2.33. The summed E-state index contributed by atoms with van der Waals surface area (Å²) < 4.78 is 2.27. The molecule has 1 nitrogen and oxygen atoms in total. The van der Waals surface area contributed by atoms with E-state index in [9.17, 15) is 0 Å². The van der Waals surface area contributed by atoms with Gasteiger partial charge in [0.1, 0.15) is 0 Å². The molecule has 13 aromatic carbocycles. The van der Waals surface area contributed by atoms with Crippen LogP contribution in [0.1, 0.15) is 66.8 Å². The molecule has 0 unspecified atom stereocenters. The van der Waals surface area contributed by atoms with Crippen LogP contribution < -0.4 is 0 Å². The Morgan fingerprint density at radius 1 is 0.253 bits per heavy atom. The molecule has 15 rings (SSSR count). The molecule has 0 amide bonds. The Hall–Kier alpha value is -8.78. The SMILES string of the molecule is Cc1c2ccccc2c(C)c2cc3ccccc3cc12.Cc1c2ccccc2c(C)c2ccccc12.Cc1ccc(C)c2ccccc12.Cc1ccc2c(c1)Cc1cc(C)ccc1-2.Cc1ccc2c(c1)c1cc(C)ccc1n2C. The highest BCUT2D eigenvalue weighted by Gasteiger charge is 2.18. The molecule has 1 aliphatic carbocycles. The van der Waals surface area contributed by atoms with E-state index < -0.39 is 0 Å². The third-order valence-electron chi connectivity index (χ3n) is 16.8. The van der Waals surface area contributed by atoms with Gasteiger partial charge in [-0.25, -0.2) is 0 Å². The van der Waals surface area contributed by atoms with Crippen LogP contribution in [-0.2, 0) is 13.5 Å². The largest absolute Gasteiger partial charge is 0.344 e. The van der Waals surface area contributed by atoms with Gasteiger partial charge in [-0.1, -0.05) is 204 Å². The van der Waals surface area contributed by atoms with Gasteiger partial charge in [0.25, 0.3) is 0 Å². The Morgan fingerprint density at radius 2 is 0.544 bits per heavy atom. The number of nitrogens with zero attached hydrogens (tertiary/aromatic N) is 1. The summed E-state index contributed by atoms with van der Waals surface area (Å²) in [7, 11) is 2.13. The second-order valence-electron chi connectivity index (χ2n) is 22.2. The highest BCUT2D eigenvalue weighted by molar-refractivity contribution is 6.11. The Bertz CT molecular complexity index is 4290. The molecule has 1 heteroatoms. The van der Waals surface area contributed by atoms with Crippen molar-refractivity contribution >= 4 is 86.4 Å². The molecule has 0 atom stereocenters. The minimum atomic E-state index is 1.11. The van der Waals surface area contributed by atoms with Gasteiger partial charge in [-0.15, -0.1) is 0 Å². The van der Waals surface area contributed by atoms with Crippen molar-refractivity contribution in [3.8, 4) is 11.1 Å². The van der Waals surface area contributed by atoms with Gasteiger partial charge in [-0.05, 0) is 232 Å². The van der Waals surface area contributed by atoms with Gasteiger partial charge in [-0.3, -0.25) is 0 Å². The van der Waals surface area contributed by atoms with Crippen molar-refractivity contribution in [2.24, 2.45) is 7.05 Å². The molecular weight excluding hydrogens is 951 g/mol. The quantitative estimate of drug-likeness (QED) is 0.133. The summed E-state index contributed by atoms with van der Waals surface area (Å²) >= 11 is 0. The molecule has 1 heterocycles. The van der Waals surface area contributed by atoms with Crippen molar-refractivity contribution in [1.29, 1.82) is 0 Å². The average molecular weight is 1020 g/mol. The third-order valence-corrected chi connectivity index (χ3v) is 16.8. The summed E-state index contributed by atoms with van der Waals surface area (Å²) in [6.45, 7) is 21.8. The smallest absolute Gasteiger partial charge is 0.0488 e. The number of benzene rings is 13. The molecule has 388 valence electrons. The number of aryl methyl sites for hydroxylation is 11. The second kappa shape index (κ2) is 21.9. The molecule has 0 saturated carbocycles. The van der Waals surface area contributed by atoms with Crippen molar-refractivity contribution in [3.63, 3.8) is 0 Å². The first kappa shape index (κ1) is 52.3. The predicted molar refractivity (Wildman–Crippen MR) is 347 cm³/mol. The van der Waals surface area contributed by atoms with Gasteiger partial charge in [0.05, 0.1) is 0 Å². The predicted octanol–water partition coefficient (Wildman–Crippen LogP) is 21.7. The van der Waals surface area contributed by atoms with Gasteiger partial charge in [0.2, 0.25) is 0 Å². The van der Waals surface area contributed by atoms with Crippen molar-refractivity contribution in [2.45, 2.75) is 75.7 Å². The lowest BCUT2D eigenvalue weighted by atomic mass is 9.91. The zero-order chi connectivity index (χ0) is 55.1. The monoisotopic (exact) mass is 1020 g/mol. The molecule has 1 aliphatic rings. The van der Waals surface area contributed by atoms with E-state index in [1.165, 1.54) is 164 Å². The maximum Gasteiger partial charge on any atom is 0.0488 e. The van der Waals surface area contributed by atoms with Gasteiger partial charge < -0.3 is 4.57 Å². The van der Waals surface area contributed by atoms with Gasteiger partial charge in [0.15, 0.2) is 0 Å². The molecule has 0 fully saturated rings. The summed E-state index contributed by atoms with van der Waals surface area (Å²) in [5.74, 6) is 0. The van der Waals surface area contributed by atoms with Crippen molar-refractivity contribution in [1.82, 2.24) is 4.57 Å². The average Bonchev–Trinajstić information content (AvgIpc) is 4.09. The van der Waals surface area contributed by atoms with Crippen LogP contribution in [0.15, 0.2) is 218 Å². The van der Waals surface area contributed by atoms with Crippen LogP contribution in [0.25, 0.3) is 97.6 Å². The minimum absolute atomic E-state index is 1.11. The first-order valence-corrected chi connectivity index (χ1v) is 28.0. The topological polar surface area (TPSA) is 4.93 Å².